The van der Waals surface area contributed by atoms with E-state index in [9.17, 15) is 17.8 Å². The molecular formula is C9H9O6S-. The fourth-order valence-corrected chi connectivity index (χ4v) is 1.33. The van der Waals surface area contributed by atoms with Gasteiger partial charge in [-0.25, -0.2) is 13.2 Å². The van der Waals surface area contributed by atoms with Crippen LogP contribution in [0.25, 0.3) is 0 Å². The predicted octanol–water partition coefficient (Wildman–Crippen LogP) is 0.702. The number of hydrogen-bond donors (Lipinski definition) is 0. The van der Waals surface area contributed by atoms with Gasteiger partial charge in [0.15, 0.2) is 0 Å². The van der Waals surface area contributed by atoms with Crippen molar-refractivity contribution in [3.63, 3.8) is 0 Å². The van der Waals surface area contributed by atoms with Gasteiger partial charge >= 0.3 is 5.97 Å². The van der Waals surface area contributed by atoms with Gasteiger partial charge in [-0.2, -0.15) is 0 Å². The van der Waals surface area contributed by atoms with Crippen LogP contribution in [0.4, 0.5) is 0 Å². The van der Waals surface area contributed by atoms with Crippen LogP contribution < -0.4 is 4.18 Å². The molecule has 0 saturated heterocycles. The van der Waals surface area contributed by atoms with Gasteiger partial charge in [0.05, 0.1) is 12.2 Å². The Kier molecular flexibility index (Phi) is 3.86. The minimum absolute atomic E-state index is 0.150. The molecule has 0 aliphatic carbocycles. The van der Waals surface area contributed by atoms with Crippen LogP contribution >= 0.6 is 0 Å². The molecule has 0 unspecified atom stereocenters. The lowest BCUT2D eigenvalue weighted by Gasteiger charge is -2.09. The average Bonchev–Trinajstić information content (AvgIpc) is 2.16. The van der Waals surface area contributed by atoms with E-state index in [2.05, 4.69) is 4.18 Å². The number of carbonyl (C=O) groups excluding carboxylic acids is 1. The number of ether oxygens (including phenoxy) is 1. The van der Waals surface area contributed by atoms with E-state index in [1.807, 2.05) is 0 Å². The third-order valence-corrected chi connectivity index (χ3v) is 1.96. The van der Waals surface area contributed by atoms with Crippen molar-refractivity contribution < 1.29 is 26.7 Å². The molecule has 0 radical (unpaired) electrons. The summed E-state index contributed by atoms with van der Waals surface area (Å²) >= 11 is 0. The molecule has 88 valence electrons. The van der Waals surface area contributed by atoms with Crippen LogP contribution in [-0.2, 0) is 15.1 Å². The van der Waals surface area contributed by atoms with E-state index in [4.69, 9.17) is 4.74 Å². The summed E-state index contributed by atoms with van der Waals surface area (Å²) in [7, 11) is -4.79. The quantitative estimate of drug-likeness (QED) is 0.440. The van der Waals surface area contributed by atoms with E-state index in [0.717, 1.165) is 0 Å². The summed E-state index contributed by atoms with van der Waals surface area (Å²) in [6.07, 6.45) is 0. The average molecular weight is 245 g/mol. The number of esters is 1. The number of hydrogen-bond acceptors (Lipinski definition) is 6. The Balaban J connectivity index is 2.79. The first-order chi connectivity index (χ1) is 7.42. The van der Waals surface area contributed by atoms with Crippen LogP contribution in [0.15, 0.2) is 24.3 Å². The van der Waals surface area contributed by atoms with Gasteiger partial charge in [0.1, 0.15) is 5.75 Å². The molecule has 6 nitrogen and oxygen atoms in total. The molecule has 0 spiro atoms. The number of benzene rings is 1. The van der Waals surface area contributed by atoms with Crippen LogP contribution in [-0.4, -0.2) is 25.5 Å². The summed E-state index contributed by atoms with van der Waals surface area (Å²) in [6, 6.07) is 5.00. The van der Waals surface area contributed by atoms with Crippen molar-refractivity contribution in [3.8, 4) is 5.75 Å². The SMILES string of the molecule is CCOC(=O)c1ccc(OS(=O)(=O)[O-])cc1. The Morgan fingerprint density at radius 3 is 2.31 bits per heavy atom. The minimum atomic E-state index is -4.79. The second-order valence-corrected chi connectivity index (χ2v) is 3.72. The summed E-state index contributed by atoms with van der Waals surface area (Å²) < 4.78 is 39.5. The highest BCUT2D eigenvalue weighted by atomic mass is 32.3. The van der Waals surface area contributed by atoms with Gasteiger partial charge in [-0.1, -0.05) is 0 Å². The van der Waals surface area contributed by atoms with Crippen LogP contribution in [0.1, 0.15) is 17.3 Å². The monoisotopic (exact) mass is 245 g/mol. The van der Waals surface area contributed by atoms with Gasteiger partial charge in [-0.3, -0.25) is 0 Å². The van der Waals surface area contributed by atoms with Crippen LogP contribution in [0.3, 0.4) is 0 Å². The summed E-state index contributed by atoms with van der Waals surface area (Å²) in [5.74, 6) is -0.679. The van der Waals surface area contributed by atoms with E-state index in [0.29, 0.717) is 0 Å². The van der Waals surface area contributed by atoms with Crippen molar-refractivity contribution in [3.05, 3.63) is 29.8 Å². The van der Waals surface area contributed by atoms with Crippen LogP contribution in [0.2, 0.25) is 0 Å². The Hall–Kier alpha value is -1.60. The largest absolute Gasteiger partial charge is 0.716 e. The molecule has 0 aromatic heterocycles. The molecule has 7 heteroatoms. The first kappa shape index (κ1) is 12.5. The molecular weight excluding hydrogens is 236 g/mol. The molecule has 0 aliphatic rings. The lowest BCUT2D eigenvalue weighted by Crippen LogP contribution is -2.08. The maximum atomic E-state index is 11.2. The Labute approximate surface area is 92.8 Å². The molecule has 0 bridgehead atoms. The van der Waals surface area contributed by atoms with Crippen molar-refractivity contribution in [2.24, 2.45) is 0 Å². The topological polar surface area (TPSA) is 92.7 Å². The van der Waals surface area contributed by atoms with E-state index in [1.54, 1.807) is 6.92 Å². The van der Waals surface area contributed by atoms with Crippen molar-refractivity contribution in [2.75, 3.05) is 6.61 Å². The number of carbonyl (C=O) groups is 1. The first-order valence-corrected chi connectivity index (χ1v) is 5.68. The van der Waals surface area contributed by atoms with E-state index < -0.39 is 16.4 Å². The first-order valence-electron chi connectivity index (χ1n) is 4.35. The maximum absolute atomic E-state index is 11.2. The van der Waals surface area contributed by atoms with Crippen molar-refractivity contribution in [1.82, 2.24) is 0 Å². The highest BCUT2D eigenvalue weighted by Gasteiger charge is 2.06. The van der Waals surface area contributed by atoms with E-state index in [1.165, 1.54) is 24.3 Å². The Morgan fingerprint density at radius 2 is 1.88 bits per heavy atom. The molecule has 0 fully saturated rings. The standard InChI is InChI=1S/C9H10O6S/c1-2-14-9(10)7-3-5-8(6-4-7)15-16(11,12)13/h3-6H,2H2,1H3,(H,11,12,13)/p-1. The molecule has 0 aliphatic heterocycles. The molecule has 0 atom stereocenters. The predicted molar refractivity (Wildman–Crippen MR) is 52.7 cm³/mol. The Morgan fingerprint density at radius 1 is 1.31 bits per heavy atom. The smallest absolute Gasteiger partial charge is 0.338 e. The van der Waals surface area contributed by atoms with Gasteiger partial charge in [-0.15, -0.1) is 0 Å². The molecule has 16 heavy (non-hydrogen) atoms. The van der Waals surface area contributed by atoms with Crippen LogP contribution in [0, 0.1) is 0 Å². The molecule has 0 amide bonds. The summed E-state index contributed by atoms with van der Waals surface area (Å²) in [6.45, 7) is 1.91. The fourth-order valence-electron chi connectivity index (χ4n) is 0.979. The fraction of sp³-hybridized carbons (Fsp3) is 0.222. The van der Waals surface area contributed by atoms with Gasteiger partial charge in [-0.05, 0) is 31.2 Å². The van der Waals surface area contributed by atoms with Crippen molar-refractivity contribution in [2.45, 2.75) is 6.92 Å². The van der Waals surface area contributed by atoms with Crippen molar-refractivity contribution in [1.29, 1.82) is 0 Å². The summed E-state index contributed by atoms with van der Waals surface area (Å²) in [5, 5.41) is 0. The normalized spacial score (nSPS) is 10.9. The molecule has 1 aromatic rings. The van der Waals surface area contributed by atoms with Crippen LogP contribution in [0.5, 0.6) is 5.75 Å². The zero-order chi connectivity index (χ0) is 12.2. The molecule has 0 heterocycles. The third kappa shape index (κ3) is 3.87. The zero-order valence-electron chi connectivity index (χ0n) is 8.37. The lowest BCUT2D eigenvalue weighted by atomic mass is 10.2. The van der Waals surface area contributed by atoms with Gasteiger partial charge in [0.2, 0.25) is 0 Å². The molecule has 1 rings (SSSR count). The van der Waals surface area contributed by atoms with Crippen molar-refractivity contribution >= 4 is 16.4 Å². The van der Waals surface area contributed by atoms with Gasteiger partial charge in [0, 0.05) is 0 Å². The van der Waals surface area contributed by atoms with Gasteiger partial charge in [0.25, 0.3) is 10.4 Å². The molecule has 0 saturated carbocycles. The molecule has 1 aromatic carbocycles. The molecule has 0 N–H and O–H groups in total. The summed E-state index contributed by atoms with van der Waals surface area (Å²) in [4.78, 5) is 11.2. The second-order valence-electron chi connectivity index (χ2n) is 2.74. The highest BCUT2D eigenvalue weighted by Crippen LogP contribution is 2.14. The minimum Gasteiger partial charge on any atom is -0.716 e. The summed E-state index contributed by atoms with van der Waals surface area (Å²) in [5.41, 5.74) is 0.248. The zero-order valence-corrected chi connectivity index (χ0v) is 9.19. The third-order valence-electron chi connectivity index (χ3n) is 1.56. The van der Waals surface area contributed by atoms with Gasteiger partial charge < -0.3 is 13.5 Å². The highest BCUT2D eigenvalue weighted by molar-refractivity contribution is 7.81. The maximum Gasteiger partial charge on any atom is 0.338 e. The number of rotatable bonds is 4. The Bertz CT molecular complexity index is 461. The lowest BCUT2D eigenvalue weighted by molar-refractivity contribution is 0.0526. The van der Waals surface area contributed by atoms with E-state index in [-0.39, 0.29) is 17.9 Å². The second kappa shape index (κ2) is 4.95. The van der Waals surface area contributed by atoms with E-state index >= 15 is 0 Å².